The molecule has 7 nitrogen and oxygen atoms in total. The van der Waals surface area contributed by atoms with Gasteiger partial charge in [-0.25, -0.2) is 4.79 Å². The molecule has 0 radical (unpaired) electrons. The summed E-state index contributed by atoms with van der Waals surface area (Å²) in [6, 6.07) is 15.2. The number of hydrogen-bond acceptors (Lipinski definition) is 5. The van der Waals surface area contributed by atoms with Crippen molar-refractivity contribution >= 4 is 17.0 Å². The number of rotatable bonds is 5. The number of carbonyl (C=O) groups is 1. The number of nitrogens with one attached hydrogen (secondary N) is 2. The van der Waals surface area contributed by atoms with Crippen LogP contribution in [0.1, 0.15) is 18.9 Å². The number of benzene rings is 2. The third-order valence-electron chi connectivity index (χ3n) is 6.30. The molecular weight excluding hydrogens is 392 g/mol. The summed E-state index contributed by atoms with van der Waals surface area (Å²) in [5.74, 6) is -0.501. The number of hydrogen-bond donors (Lipinski definition) is 2. The first-order chi connectivity index (χ1) is 14.9. The predicted octanol–water partition coefficient (Wildman–Crippen LogP) is 2.41. The van der Waals surface area contributed by atoms with E-state index in [2.05, 4.69) is 23.6 Å². The Labute approximate surface area is 179 Å². The van der Waals surface area contributed by atoms with E-state index in [-0.39, 0.29) is 17.7 Å². The zero-order chi connectivity index (χ0) is 21.7. The molecule has 1 fully saturated rings. The van der Waals surface area contributed by atoms with Gasteiger partial charge in [-0.2, -0.15) is 5.26 Å². The van der Waals surface area contributed by atoms with Gasteiger partial charge >= 0.3 is 5.76 Å². The molecule has 156 valence electrons. The third-order valence-corrected chi connectivity index (χ3v) is 6.30. The lowest BCUT2D eigenvalue weighted by molar-refractivity contribution is -0.123. The van der Waals surface area contributed by atoms with Crippen molar-refractivity contribution in [3.63, 3.8) is 0 Å². The van der Waals surface area contributed by atoms with Crippen LogP contribution in [0.4, 0.5) is 0 Å². The van der Waals surface area contributed by atoms with Crippen molar-refractivity contribution in [1.29, 1.82) is 5.26 Å². The Morgan fingerprint density at radius 1 is 1.29 bits per heavy atom. The van der Waals surface area contributed by atoms with E-state index in [0.717, 1.165) is 28.6 Å². The summed E-state index contributed by atoms with van der Waals surface area (Å²) in [7, 11) is 1.68. The van der Waals surface area contributed by atoms with E-state index in [1.54, 1.807) is 13.1 Å². The Hall–Kier alpha value is -3.63. The van der Waals surface area contributed by atoms with Crippen molar-refractivity contribution in [1.82, 2.24) is 15.2 Å². The average molecular weight is 414 g/mol. The molecule has 0 unspecified atom stereocenters. The normalized spacial score (nSPS) is 20.4. The summed E-state index contributed by atoms with van der Waals surface area (Å²) in [5.41, 5.74) is 6.90. The van der Waals surface area contributed by atoms with Gasteiger partial charge < -0.3 is 9.73 Å². The molecule has 31 heavy (non-hydrogen) atoms. The molecule has 1 amide bonds. The minimum absolute atomic E-state index is 0.116. The van der Waals surface area contributed by atoms with Crippen LogP contribution in [0.15, 0.2) is 62.8 Å². The molecule has 1 aliphatic carbocycles. The molecule has 2 aliphatic rings. The molecule has 5 rings (SSSR count). The van der Waals surface area contributed by atoms with Crippen molar-refractivity contribution in [3.8, 4) is 17.2 Å². The maximum atomic E-state index is 12.5. The van der Waals surface area contributed by atoms with Gasteiger partial charge in [0.15, 0.2) is 5.58 Å². The molecule has 2 aromatic carbocycles. The minimum Gasteiger partial charge on any atom is -0.408 e. The molecule has 1 saturated heterocycles. The lowest BCUT2D eigenvalue weighted by atomic mass is 10.0. The van der Waals surface area contributed by atoms with Crippen LogP contribution in [0, 0.1) is 11.3 Å². The maximum Gasteiger partial charge on any atom is 0.419 e. The molecule has 1 aromatic heterocycles. The van der Waals surface area contributed by atoms with Gasteiger partial charge in [-0.1, -0.05) is 35.9 Å². The fourth-order valence-corrected chi connectivity index (χ4v) is 4.32. The van der Waals surface area contributed by atoms with Gasteiger partial charge in [0.2, 0.25) is 5.91 Å². The number of fused-ring (bicyclic) bond motifs is 2. The van der Waals surface area contributed by atoms with Crippen LogP contribution in [0.5, 0.6) is 0 Å². The molecule has 2 N–H and O–H groups in total. The van der Waals surface area contributed by atoms with E-state index in [4.69, 9.17) is 4.42 Å². The van der Waals surface area contributed by atoms with Crippen LogP contribution >= 0.6 is 0 Å². The van der Waals surface area contributed by atoms with E-state index in [1.807, 2.05) is 36.4 Å². The molecule has 0 bridgehead atoms. The number of carbonyl (C=O) groups excluding carboxylic acids is 1. The molecule has 7 heteroatoms. The summed E-state index contributed by atoms with van der Waals surface area (Å²) in [5, 5.41) is 15.7. The quantitative estimate of drug-likeness (QED) is 0.625. The molecular formula is C24H22N4O3. The summed E-state index contributed by atoms with van der Waals surface area (Å²) in [6.07, 6.45) is 1.18. The highest BCUT2D eigenvalue weighted by Gasteiger charge is 2.44. The largest absolute Gasteiger partial charge is 0.419 e. The number of nitriles is 1. The average Bonchev–Trinajstić information content (AvgIpc) is 3.09. The summed E-state index contributed by atoms with van der Waals surface area (Å²) in [6.45, 7) is 2.08. The maximum absolute atomic E-state index is 12.5. The van der Waals surface area contributed by atoms with Gasteiger partial charge in [0.1, 0.15) is 6.04 Å². The second kappa shape index (κ2) is 7.25. The van der Waals surface area contributed by atoms with Crippen LogP contribution in [-0.2, 0) is 18.3 Å². The van der Waals surface area contributed by atoms with Crippen LogP contribution in [0.2, 0.25) is 0 Å². The number of nitrogens with zero attached hydrogens (tertiary/aromatic N) is 2. The van der Waals surface area contributed by atoms with Crippen molar-refractivity contribution in [2.45, 2.75) is 37.9 Å². The first-order valence-electron chi connectivity index (χ1n) is 10.3. The molecule has 2 heterocycles. The van der Waals surface area contributed by atoms with Gasteiger partial charge in [0, 0.05) is 13.5 Å². The highest BCUT2D eigenvalue weighted by Crippen LogP contribution is 2.40. The zero-order valence-corrected chi connectivity index (χ0v) is 17.3. The Morgan fingerprint density at radius 3 is 2.71 bits per heavy atom. The summed E-state index contributed by atoms with van der Waals surface area (Å²) >= 11 is 0. The van der Waals surface area contributed by atoms with Gasteiger partial charge in [-0.05, 0) is 47.7 Å². The molecule has 3 atom stereocenters. The van der Waals surface area contributed by atoms with Gasteiger partial charge in [-0.3, -0.25) is 14.7 Å². The standard InChI is InChI=1S/C24H22N4O3/c1-13-18-11-19(27-22(13)18)23(29)26-17(12-25)9-14-3-5-15(6-4-14)16-7-8-21-20(10-16)28(2)24(30)31-21/h3-8,10,17,19,22,27H,9,11H2,1-2H3,(H,26,29)/t17-,19-,22-/m0/s1. The van der Waals surface area contributed by atoms with Gasteiger partial charge in [0.05, 0.1) is 23.7 Å². The van der Waals surface area contributed by atoms with Crippen molar-refractivity contribution < 1.29 is 9.21 Å². The highest BCUT2D eigenvalue weighted by atomic mass is 16.4. The second-order valence-electron chi connectivity index (χ2n) is 8.27. The fourth-order valence-electron chi connectivity index (χ4n) is 4.32. The first-order valence-corrected chi connectivity index (χ1v) is 10.3. The van der Waals surface area contributed by atoms with Crippen molar-refractivity contribution in [2.75, 3.05) is 0 Å². The Morgan fingerprint density at radius 2 is 2.03 bits per heavy atom. The Kier molecular flexibility index (Phi) is 4.53. The first kappa shape index (κ1) is 19.3. The van der Waals surface area contributed by atoms with Crippen LogP contribution in [0.25, 0.3) is 22.2 Å². The minimum atomic E-state index is -0.580. The SMILES string of the molecule is CC1=C2C[C@@H](C(=O)N[C@H](C#N)Cc3ccc(-c4ccc5oc(=O)n(C)c5c4)cc3)N[C@@H]12. The van der Waals surface area contributed by atoms with Crippen LogP contribution in [-0.4, -0.2) is 28.6 Å². The van der Waals surface area contributed by atoms with Crippen molar-refractivity contribution in [3.05, 3.63) is 69.7 Å². The van der Waals surface area contributed by atoms with E-state index in [9.17, 15) is 14.9 Å². The number of aromatic nitrogens is 1. The lowest BCUT2D eigenvalue weighted by Gasteiger charge is -2.17. The second-order valence-corrected chi connectivity index (χ2v) is 8.27. The topological polar surface area (TPSA) is 100 Å². The lowest BCUT2D eigenvalue weighted by Crippen LogP contribution is -2.46. The molecule has 0 spiro atoms. The summed E-state index contributed by atoms with van der Waals surface area (Å²) in [4.78, 5) is 24.2. The monoisotopic (exact) mass is 414 g/mol. The Balaban J connectivity index is 1.26. The number of aryl methyl sites for hydroxylation is 1. The summed E-state index contributed by atoms with van der Waals surface area (Å²) < 4.78 is 6.66. The Bertz CT molecular complexity index is 1320. The van der Waals surface area contributed by atoms with E-state index >= 15 is 0 Å². The number of oxazole rings is 1. The highest BCUT2D eigenvalue weighted by molar-refractivity contribution is 5.85. The predicted molar refractivity (Wildman–Crippen MR) is 116 cm³/mol. The van der Waals surface area contributed by atoms with E-state index in [1.165, 1.54) is 15.7 Å². The van der Waals surface area contributed by atoms with Crippen LogP contribution in [0.3, 0.4) is 0 Å². The third kappa shape index (κ3) is 3.45. The molecule has 0 saturated carbocycles. The molecule has 1 aliphatic heterocycles. The number of amides is 1. The fraction of sp³-hybridized carbons (Fsp3) is 0.292. The zero-order valence-electron chi connectivity index (χ0n) is 17.3. The van der Waals surface area contributed by atoms with Gasteiger partial charge in [0.25, 0.3) is 0 Å². The smallest absolute Gasteiger partial charge is 0.408 e. The molecule has 3 aromatic rings. The van der Waals surface area contributed by atoms with E-state index in [0.29, 0.717) is 18.0 Å². The van der Waals surface area contributed by atoms with Crippen LogP contribution < -0.4 is 16.4 Å². The van der Waals surface area contributed by atoms with Crippen molar-refractivity contribution in [2.24, 2.45) is 7.05 Å². The van der Waals surface area contributed by atoms with E-state index < -0.39 is 6.04 Å². The van der Waals surface area contributed by atoms with Gasteiger partial charge in [-0.15, -0.1) is 0 Å².